The van der Waals surface area contributed by atoms with Crippen molar-refractivity contribution >= 4 is 5.91 Å². The third-order valence-corrected chi connectivity index (χ3v) is 2.66. The normalized spacial score (nSPS) is 14.2. The first-order valence-corrected chi connectivity index (χ1v) is 5.22. The van der Waals surface area contributed by atoms with E-state index in [4.69, 9.17) is 16.2 Å². The zero-order valence-corrected chi connectivity index (χ0v) is 9.64. The van der Waals surface area contributed by atoms with Gasteiger partial charge in [0.05, 0.1) is 13.2 Å². The van der Waals surface area contributed by atoms with Crippen LogP contribution in [0.15, 0.2) is 24.3 Å². The zero-order chi connectivity index (χ0) is 12.1. The van der Waals surface area contributed by atoms with Crippen LogP contribution in [0.5, 0.6) is 5.75 Å². The highest BCUT2D eigenvalue weighted by molar-refractivity contribution is 5.79. The molecule has 1 aromatic rings. The molecule has 0 aliphatic rings. The Balaban J connectivity index is 2.62. The SMILES string of the molecule is COc1ccc(CC(C)C(N)C(N)=O)cc1. The maximum absolute atomic E-state index is 10.9. The molecule has 0 aliphatic carbocycles. The minimum atomic E-state index is -0.595. The summed E-state index contributed by atoms with van der Waals surface area (Å²) in [6, 6.07) is 7.10. The topological polar surface area (TPSA) is 78.3 Å². The summed E-state index contributed by atoms with van der Waals surface area (Å²) in [5, 5.41) is 0. The van der Waals surface area contributed by atoms with Gasteiger partial charge in [-0.1, -0.05) is 19.1 Å². The van der Waals surface area contributed by atoms with Gasteiger partial charge in [0, 0.05) is 0 Å². The summed E-state index contributed by atoms with van der Waals surface area (Å²) in [5.41, 5.74) is 11.9. The van der Waals surface area contributed by atoms with Crippen LogP contribution in [0, 0.1) is 5.92 Å². The van der Waals surface area contributed by atoms with E-state index in [1.807, 2.05) is 31.2 Å². The van der Waals surface area contributed by atoms with Crippen molar-refractivity contribution in [3.63, 3.8) is 0 Å². The molecule has 4 N–H and O–H groups in total. The lowest BCUT2D eigenvalue weighted by molar-refractivity contribution is -0.120. The van der Waals surface area contributed by atoms with E-state index in [2.05, 4.69) is 0 Å². The fourth-order valence-electron chi connectivity index (χ4n) is 1.54. The summed E-state index contributed by atoms with van der Waals surface area (Å²) >= 11 is 0. The number of rotatable bonds is 5. The van der Waals surface area contributed by atoms with Crippen LogP contribution in [0.4, 0.5) is 0 Å². The molecule has 0 spiro atoms. The number of ether oxygens (including phenoxy) is 1. The van der Waals surface area contributed by atoms with E-state index in [0.717, 1.165) is 17.7 Å². The van der Waals surface area contributed by atoms with E-state index in [0.29, 0.717) is 0 Å². The number of methoxy groups -OCH3 is 1. The average Bonchev–Trinajstić information content (AvgIpc) is 2.28. The average molecular weight is 222 g/mol. The summed E-state index contributed by atoms with van der Waals surface area (Å²) in [5.74, 6) is 0.391. The van der Waals surface area contributed by atoms with Crippen molar-refractivity contribution < 1.29 is 9.53 Å². The largest absolute Gasteiger partial charge is 0.497 e. The molecule has 0 bridgehead atoms. The first-order valence-electron chi connectivity index (χ1n) is 5.22. The highest BCUT2D eigenvalue weighted by Gasteiger charge is 2.18. The molecule has 0 radical (unpaired) electrons. The number of carbonyl (C=O) groups is 1. The first-order chi connectivity index (χ1) is 7.54. The Morgan fingerprint density at radius 1 is 1.38 bits per heavy atom. The van der Waals surface area contributed by atoms with Gasteiger partial charge in [0.1, 0.15) is 5.75 Å². The van der Waals surface area contributed by atoms with Crippen molar-refractivity contribution in [2.45, 2.75) is 19.4 Å². The second kappa shape index (κ2) is 5.51. The van der Waals surface area contributed by atoms with E-state index in [1.165, 1.54) is 0 Å². The van der Waals surface area contributed by atoms with Gasteiger partial charge in [-0.05, 0) is 30.0 Å². The molecule has 0 aromatic heterocycles. The van der Waals surface area contributed by atoms with E-state index in [-0.39, 0.29) is 5.92 Å². The zero-order valence-electron chi connectivity index (χ0n) is 9.64. The fraction of sp³-hybridized carbons (Fsp3) is 0.417. The maximum atomic E-state index is 10.9. The van der Waals surface area contributed by atoms with Crippen molar-refractivity contribution in [1.29, 1.82) is 0 Å². The molecule has 0 saturated heterocycles. The number of carbonyl (C=O) groups excluding carboxylic acids is 1. The number of amides is 1. The van der Waals surface area contributed by atoms with Gasteiger partial charge in [-0.15, -0.1) is 0 Å². The van der Waals surface area contributed by atoms with E-state index < -0.39 is 11.9 Å². The monoisotopic (exact) mass is 222 g/mol. The molecular weight excluding hydrogens is 204 g/mol. The van der Waals surface area contributed by atoms with Crippen molar-refractivity contribution in [3.8, 4) is 5.75 Å². The molecule has 1 aromatic carbocycles. The summed E-state index contributed by atoms with van der Waals surface area (Å²) in [6.07, 6.45) is 0.730. The molecule has 1 amide bonds. The predicted molar refractivity (Wildman–Crippen MR) is 63.0 cm³/mol. The fourth-order valence-corrected chi connectivity index (χ4v) is 1.54. The lowest BCUT2D eigenvalue weighted by Crippen LogP contribution is -2.42. The minimum absolute atomic E-state index is 0.0332. The number of hydrogen-bond donors (Lipinski definition) is 2. The molecule has 0 fully saturated rings. The highest BCUT2D eigenvalue weighted by Crippen LogP contribution is 2.15. The maximum Gasteiger partial charge on any atom is 0.234 e. The summed E-state index contributed by atoms with van der Waals surface area (Å²) in [7, 11) is 1.63. The van der Waals surface area contributed by atoms with Gasteiger partial charge in [-0.25, -0.2) is 0 Å². The molecule has 4 heteroatoms. The molecule has 88 valence electrons. The molecule has 16 heavy (non-hydrogen) atoms. The molecule has 4 nitrogen and oxygen atoms in total. The third-order valence-electron chi connectivity index (χ3n) is 2.66. The molecule has 0 saturated carbocycles. The Kier molecular flexibility index (Phi) is 4.31. The van der Waals surface area contributed by atoms with Crippen molar-refractivity contribution in [3.05, 3.63) is 29.8 Å². The van der Waals surface area contributed by atoms with Crippen molar-refractivity contribution in [1.82, 2.24) is 0 Å². The van der Waals surface area contributed by atoms with Gasteiger partial charge < -0.3 is 16.2 Å². The van der Waals surface area contributed by atoms with E-state index >= 15 is 0 Å². The van der Waals surface area contributed by atoms with Crippen LogP contribution >= 0.6 is 0 Å². The second-order valence-electron chi connectivity index (χ2n) is 3.96. The van der Waals surface area contributed by atoms with Gasteiger partial charge in [0.25, 0.3) is 0 Å². The van der Waals surface area contributed by atoms with Crippen LogP contribution in [0.25, 0.3) is 0 Å². The lowest BCUT2D eigenvalue weighted by Gasteiger charge is -2.16. The molecule has 2 unspecified atom stereocenters. The summed E-state index contributed by atoms with van der Waals surface area (Å²) < 4.78 is 5.06. The van der Waals surface area contributed by atoms with E-state index in [9.17, 15) is 4.79 Å². The van der Waals surface area contributed by atoms with Crippen LogP contribution in [0.2, 0.25) is 0 Å². The number of primary amides is 1. The van der Waals surface area contributed by atoms with Gasteiger partial charge in [0.2, 0.25) is 5.91 Å². The molecule has 0 heterocycles. The Morgan fingerprint density at radius 3 is 2.38 bits per heavy atom. The molecule has 0 aliphatic heterocycles. The number of nitrogens with two attached hydrogens (primary N) is 2. The molecule has 2 atom stereocenters. The Bertz CT molecular complexity index is 349. The Labute approximate surface area is 95.6 Å². The van der Waals surface area contributed by atoms with Crippen LogP contribution < -0.4 is 16.2 Å². The summed E-state index contributed by atoms with van der Waals surface area (Å²) in [6.45, 7) is 1.92. The van der Waals surface area contributed by atoms with Crippen LogP contribution in [-0.4, -0.2) is 19.1 Å². The predicted octanol–water partition coefficient (Wildman–Crippen LogP) is 0.686. The van der Waals surface area contributed by atoms with Crippen LogP contribution in [0.1, 0.15) is 12.5 Å². The van der Waals surface area contributed by atoms with Gasteiger partial charge in [-0.2, -0.15) is 0 Å². The third kappa shape index (κ3) is 3.24. The van der Waals surface area contributed by atoms with Gasteiger partial charge >= 0.3 is 0 Å². The minimum Gasteiger partial charge on any atom is -0.497 e. The summed E-state index contributed by atoms with van der Waals surface area (Å²) in [4.78, 5) is 10.9. The second-order valence-corrected chi connectivity index (χ2v) is 3.96. The Morgan fingerprint density at radius 2 is 1.94 bits per heavy atom. The highest BCUT2D eigenvalue weighted by atomic mass is 16.5. The molecular formula is C12H18N2O2. The number of benzene rings is 1. The Hall–Kier alpha value is -1.55. The van der Waals surface area contributed by atoms with Gasteiger partial charge in [-0.3, -0.25) is 4.79 Å². The smallest absolute Gasteiger partial charge is 0.234 e. The number of hydrogen-bond acceptors (Lipinski definition) is 3. The van der Waals surface area contributed by atoms with Crippen molar-refractivity contribution in [2.75, 3.05) is 7.11 Å². The lowest BCUT2D eigenvalue weighted by atomic mass is 9.94. The quantitative estimate of drug-likeness (QED) is 0.769. The van der Waals surface area contributed by atoms with Gasteiger partial charge in [0.15, 0.2) is 0 Å². The van der Waals surface area contributed by atoms with Crippen molar-refractivity contribution in [2.24, 2.45) is 17.4 Å². The van der Waals surface area contributed by atoms with Crippen LogP contribution in [0.3, 0.4) is 0 Å². The molecule has 1 rings (SSSR count). The standard InChI is InChI=1S/C12H18N2O2/c1-8(11(13)12(14)15)7-9-3-5-10(16-2)6-4-9/h3-6,8,11H,7,13H2,1-2H3,(H2,14,15). The van der Waals surface area contributed by atoms with Crippen LogP contribution in [-0.2, 0) is 11.2 Å². The first kappa shape index (κ1) is 12.5. The van der Waals surface area contributed by atoms with E-state index in [1.54, 1.807) is 7.11 Å².